The highest BCUT2D eigenvalue weighted by Gasteiger charge is 2.46. The smallest absolute Gasteiger partial charge is 0.342 e. The zero-order valence-corrected chi connectivity index (χ0v) is 68.6. The fourth-order valence-electron chi connectivity index (χ4n) is 13.3. The van der Waals surface area contributed by atoms with Crippen LogP contribution in [0.3, 0.4) is 0 Å². The lowest BCUT2D eigenvalue weighted by molar-refractivity contribution is -0.152. The van der Waals surface area contributed by atoms with Gasteiger partial charge >= 0.3 is 17.9 Å². The minimum Gasteiger partial charge on any atom is -0.507 e. The second kappa shape index (κ2) is 43.6. The number of esters is 2. The van der Waals surface area contributed by atoms with Gasteiger partial charge in [0.1, 0.15) is 60.1 Å². The molecule has 0 aromatic heterocycles. The van der Waals surface area contributed by atoms with E-state index in [4.69, 9.17) is 51.5 Å². The SMILES string of the molecule is COPCCCCc1cc(C)c(C(=O)O)c(/C=C/C[C@@H]2OC(C)(C)O[C@@H]2C(O)/C=C\[C@@H](C)[C@H](C)O)c1.COPCCCCc1cc(C)c2c(c1)C=CC[C@@H]1OC(C)(C)O[C@@H]1C(O)/C=C\[C@@H](C)[C@H](C)OC2=O.COPCCCCc1cc(O)c2c(c1)C=CC[C@@H]1OC(C)(C)O[C@@H]1C(O)/C=C\[C@@H](C)[C@H](C)OC2=O. The first kappa shape index (κ1) is 90.0. The van der Waals surface area contributed by atoms with Crippen LogP contribution in [0, 0.1) is 31.6 Å². The standard InChI is InChI=1S/C28H43O7P.C28H41O6P.C27H39O7P/c1-18(20(3)29)13-14-23(30)26-24(34-28(4,5)35-26)12-9-11-22-17-21(10-7-8-15-36-33-6)16-19(2)25(22)27(31)32;1-18-13-14-23(29)26-24(33-28(4,5)34-26)12-9-11-22-17-21(10-7-8-15-35-31-6)16-19(2)25(22)27(30)32-20(18)3;1-17-12-13-21(28)25-23(33-27(3,4)34-25)11-8-10-20-15-19(9-6-7-14-35-31-5)16-22(29)24(20)26(30)32-18(17)2/h9,11,13-14,16-18,20,23-24,26,29-30,36H,7-8,10,12,15H2,1-6H3,(H,31,32);9,11,13-14,16-18,20,23-24,26,29,35H,7-8,10,12,15H2,1-6H3;8,10,12-13,15-18,21,23,25,28-29,35H,6-7,9,11,14H2,1-5H3/b11-9+,14-13-;11-9?,14-13-;10-8?,13-12-/t2*18-,20+,23?,24+,26-;17-,18+,21?,23+,25-/m111/s1. The van der Waals surface area contributed by atoms with E-state index in [1.165, 1.54) is 5.56 Å². The first-order chi connectivity index (χ1) is 50.2. The molecule has 5 heterocycles. The Hall–Kier alpha value is -4.92. The van der Waals surface area contributed by atoms with Crippen LogP contribution in [0.2, 0.25) is 0 Å². The molecule has 0 saturated carbocycles. The molecule has 20 nitrogen and oxygen atoms in total. The number of carboxylic acids is 1. The average molecular weight is 1530 g/mol. The van der Waals surface area contributed by atoms with Crippen LogP contribution in [-0.4, -0.2) is 179 Å². The van der Waals surface area contributed by atoms with Crippen LogP contribution in [0.4, 0.5) is 0 Å². The van der Waals surface area contributed by atoms with Gasteiger partial charge in [0, 0.05) is 59.6 Å². The number of unbranched alkanes of at least 4 members (excludes halogenated alkanes) is 3. The van der Waals surface area contributed by atoms with Crippen LogP contribution < -0.4 is 0 Å². The molecular formula is C83H123O20P3. The van der Waals surface area contributed by atoms with Crippen molar-refractivity contribution in [3.05, 3.63) is 152 Å². The van der Waals surface area contributed by atoms with E-state index in [0.717, 1.165) is 104 Å². The summed E-state index contributed by atoms with van der Waals surface area (Å²) in [6, 6.07) is 11.7. The zero-order chi connectivity index (χ0) is 78.1. The van der Waals surface area contributed by atoms with Crippen molar-refractivity contribution in [2.45, 2.75) is 265 Å². The number of phenols is 1. The molecule has 5 aliphatic rings. The minimum atomic E-state index is -0.952. The molecule has 0 aliphatic carbocycles. The highest BCUT2D eigenvalue weighted by atomic mass is 31.1. The number of phenolic OH excluding ortho intramolecular Hbond substituents is 1. The number of carboxylic acid groups (broad SMARTS) is 1. The Bertz CT molecular complexity index is 3320. The minimum absolute atomic E-state index is 0.0725. The second-order valence-electron chi connectivity index (χ2n) is 29.8. The molecule has 3 aromatic carbocycles. The molecule has 0 amide bonds. The van der Waals surface area contributed by atoms with Crippen LogP contribution in [0.1, 0.15) is 216 Å². The van der Waals surface area contributed by atoms with E-state index >= 15 is 0 Å². The van der Waals surface area contributed by atoms with E-state index in [1.807, 2.05) is 136 Å². The van der Waals surface area contributed by atoms with Crippen LogP contribution in [0.5, 0.6) is 5.75 Å². The maximum absolute atomic E-state index is 13.2. The van der Waals surface area contributed by atoms with E-state index in [9.17, 15) is 45.0 Å². The summed E-state index contributed by atoms with van der Waals surface area (Å²) in [5.41, 5.74) is 8.12. The monoisotopic (exact) mass is 1530 g/mol. The molecule has 5 aliphatic heterocycles. The van der Waals surface area contributed by atoms with Crippen molar-refractivity contribution in [1.82, 2.24) is 0 Å². The van der Waals surface area contributed by atoms with E-state index in [0.29, 0.717) is 67.9 Å². The summed E-state index contributed by atoms with van der Waals surface area (Å²) >= 11 is 0. The lowest BCUT2D eigenvalue weighted by Crippen LogP contribution is -2.34. The topological polar surface area (TPSA) is 274 Å². The molecule has 0 bridgehead atoms. The van der Waals surface area contributed by atoms with E-state index in [1.54, 1.807) is 79.4 Å². The normalized spacial score (nSPS) is 27.5. The van der Waals surface area contributed by atoms with Gasteiger partial charge in [0.15, 0.2) is 17.4 Å². The Balaban J connectivity index is 0.000000249. The van der Waals surface area contributed by atoms with Gasteiger partial charge in [0.25, 0.3) is 0 Å². The van der Waals surface area contributed by atoms with Gasteiger partial charge in [-0.25, -0.2) is 14.4 Å². The summed E-state index contributed by atoms with van der Waals surface area (Å²) in [5.74, 6) is -4.67. The Morgan fingerprint density at radius 3 is 1.50 bits per heavy atom. The predicted molar refractivity (Wildman–Crippen MR) is 424 cm³/mol. The number of cyclic esters (lactones) is 2. The molecule has 0 radical (unpaired) electrons. The Morgan fingerprint density at radius 2 is 1.03 bits per heavy atom. The first-order valence-corrected chi connectivity index (χ1v) is 40.9. The number of carbonyl (C=O) groups excluding carboxylic acids is 2. The van der Waals surface area contributed by atoms with Crippen molar-refractivity contribution in [3.63, 3.8) is 0 Å². The number of aromatic hydroxyl groups is 1. The van der Waals surface area contributed by atoms with Gasteiger partial charge in [-0.1, -0.05) is 124 Å². The molecule has 6 N–H and O–H groups in total. The first-order valence-electron chi connectivity index (χ1n) is 37.6. The predicted octanol–water partition coefficient (Wildman–Crippen LogP) is 15.7. The van der Waals surface area contributed by atoms with Crippen LogP contribution in [0.15, 0.2) is 91.1 Å². The van der Waals surface area contributed by atoms with Crippen molar-refractivity contribution in [1.29, 1.82) is 0 Å². The van der Waals surface area contributed by atoms with E-state index in [-0.39, 0.29) is 53.3 Å². The Labute approximate surface area is 636 Å². The fraction of sp³-hybridized carbons (Fsp3) is 0.602. The third kappa shape index (κ3) is 28.4. The van der Waals surface area contributed by atoms with Crippen molar-refractivity contribution < 1.29 is 96.5 Å². The number of fused-ring (bicyclic) bond motifs is 4. The van der Waals surface area contributed by atoms with Gasteiger partial charge in [-0.2, -0.15) is 0 Å². The van der Waals surface area contributed by atoms with Gasteiger partial charge in [-0.3, -0.25) is 0 Å². The van der Waals surface area contributed by atoms with Gasteiger partial charge in [0.2, 0.25) is 0 Å². The van der Waals surface area contributed by atoms with E-state index < -0.39 is 84.2 Å². The zero-order valence-electron chi connectivity index (χ0n) is 65.6. The maximum Gasteiger partial charge on any atom is 0.342 e. The molecule has 0 spiro atoms. The number of aryl methyl sites for hydroxylation is 5. The number of ether oxygens (including phenoxy) is 8. The van der Waals surface area contributed by atoms with Crippen molar-refractivity contribution in [2.75, 3.05) is 39.8 Å². The third-order valence-electron chi connectivity index (χ3n) is 19.4. The van der Waals surface area contributed by atoms with Gasteiger partial charge in [0.05, 0.1) is 35.5 Å². The maximum atomic E-state index is 13.2. The van der Waals surface area contributed by atoms with Gasteiger partial charge in [-0.15, -0.1) is 0 Å². The number of hydrogen-bond acceptors (Lipinski definition) is 19. The Morgan fingerprint density at radius 1 is 0.585 bits per heavy atom. The summed E-state index contributed by atoms with van der Waals surface area (Å²) < 4.78 is 63.2. The summed E-state index contributed by atoms with van der Waals surface area (Å²) in [4.78, 5) is 38.3. The highest BCUT2D eigenvalue weighted by molar-refractivity contribution is 7.32. The number of aliphatic hydroxyl groups excluding tert-OH is 4. The second-order valence-corrected chi connectivity index (χ2v) is 33.4. The summed E-state index contributed by atoms with van der Waals surface area (Å²) in [7, 11) is 6.73. The molecule has 3 aromatic rings. The number of aliphatic hydroxyl groups is 4. The Kier molecular flexibility index (Phi) is 37.0. The molecule has 3 saturated heterocycles. The summed E-state index contributed by atoms with van der Waals surface area (Å²) in [5, 5.41) is 62.6. The van der Waals surface area contributed by atoms with Gasteiger partial charge in [-0.05, 0) is 228 Å². The molecule has 6 unspecified atom stereocenters. The summed E-state index contributed by atoms with van der Waals surface area (Å²) in [6.45, 7) is 26.0. The van der Waals surface area contributed by atoms with E-state index in [2.05, 4.69) is 12.1 Å². The van der Waals surface area contributed by atoms with Gasteiger partial charge < -0.3 is 82.1 Å². The molecular weight excluding hydrogens is 1410 g/mol. The molecule has 8 rings (SSSR count). The molecule has 23 heteroatoms. The summed E-state index contributed by atoms with van der Waals surface area (Å²) in [6.07, 6.45) is 28.9. The molecule has 18 atom stereocenters. The van der Waals surface area contributed by atoms with Crippen LogP contribution in [0.25, 0.3) is 18.2 Å². The van der Waals surface area contributed by atoms with Crippen LogP contribution in [-0.2, 0) is 70.7 Å². The quantitative estimate of drug-likeness (QED) is 0.0189. The number of carbonyl (C=O) groups is 3. The van der Waals surface area contributed by atoms with Crippen molar-refractivity contribution >= 4 is 62.6 Å². The van der Waals surface area contributed by atoms with Crippen molar-refractivity contribution in [3.8, 4) is 5.75 Å². The largest absolute Gasteiger partial charge is 0.507 e. The third-order valence-corrected chi connectivity index (χ3v) is 22.0. The average Bonchev–Trinajstić information content (AvgIpc) is 1.44. The fourth-order valence-corrected chi connectivity index (χ4v) is 15.1. The number of hydrogen-bond donors (Lipinski definition) is 6. The lowest BCUT2D eigenvalue weighted by Gasteiger charge is -2.22. The number of rotatable bonds is 26. The molecule has 106 heavy (non-hydrogen) atoms. The number of benzene rings is 3. The molecule has 3 fully saturated rings. The van der Waals surface area contributed by atoms with Crippen LogP contribution >= 0.6 is 26.4 Å². The molecule has 590 valence electrons. The highest BCUT2D eigenvalue weighted by Crippen LogP contribution is 2.38. The number of aromatic carboxylic acids is 1. The van der Waals surface area contributed by atoms with Crippen molar-refractivity contribution in [2.24, 2.45) is 17.8 Å². The lowest BCUT2D eigenvalue weighted by atomic mass is 9.94.